The Balaban J connectivity index is 1.60. The first-order valence-electron chi connectivity index (χ1n) is 13.9. The van der Waals surface area contributed by atoms with Crippen LogP contribution >= 0.6 is 0 Å². The Labute approximate surface area is 201 Å². The van der Waals surface area contributed by atoms with Crippen molar-refractivity contribution in [1.82, 2.24) is 0 Å². The van der Waals surface area contributed by atoms with Crippen molar-refractivity contribution in [2.24, 2.45) is 56.7 Å². The quantitative estimate of drug-likeness (QED) is 0.414. The zero-order chi connectivity index (χ0) is 24.2. The summed E-state index contributed by atoms with van der Waals surface area (Å²) in [6.45, 7) is 17.0. The second-order valence-electron chi connectivity index (χ2n) is 14.4. The maximum Gasteiger partial charge on any atom is 0.312 e. The second-order valence-corrected chi connectivity index (χ2v) is 14.4. The highest BCUT2D eigenvalue weighted by atomic mass is 16.4. The minimum Gasteiger partial charge on any atom is -0.481 e. The van der Waals surface area contributed by atoms with Crippen LogP contribution in [0.4, 0.5) is 0 Å². The molecule has 2 N–H and O–H groups in total. The van der Waals surface area contributed by atoms with Gasteiger partial charge in [-0.1, -0.05) is 53.2 Å². The van der Waals surface area contributed by atoms with Gasteiger partial charge in [-0.05, 0) is 116 Å². The molecule has 33 heavy (non-hydrogen) atoms. The molecule has 0 spiro atoms. The Kier molecular flexibility index (Phi) is 5.15. The molecule has 0 amide bonds. The van der Waals surface area contributed by atoms with Crippen molar-refractivity contribution in [3.8, 4) is 0 Å². The summed E-state index contributed by atoms with van der Waals surface area (Å²) in [5.74, 6) is 1.96. The van der Waals surface area contributed by atoms with Crippen molar-refractivity contribution < 1.29 is 15.0 Å². The van der Waals surface area contributed by atoms with E-state index in [4.69, 9.17) is 0 Å². The number of aliphatic carboxylic acids is 1. The number of allylic oxidation sites excluding steroid dienone is 2. The van der Waals surface area contributed by atoms with Crippen molar-refractivity contribution in [1.29, 1.82) is 0 Å². The highest BCUT2D eigenvalue weighted by Gasteiger charge is 2.69. The first-order chi connectivity index (χ1) is 15.3. The van der Waals surface area contributed by atoms with E-state index < -0.39 is 17.5 Å². The maximum atomic E-state index is 12.5. The van der Waals surface area contributed by atoms with Crippen LogP contribution in [0.15, 0.2) is 11.6 Å². The lowest BCUT2D eigenvalue weighted by Crippen LogP contribution is -2.66. The van der Waals surface area contributed by atoms with Crippen molar-refractivity contribution in [2.45, 2.75) is 112 Å². The number of aliphatic hydroxyl groups is 1. The zero-order valence-electron chi connectivity index (χ0n) is 22.2. The van der Waals surface area contributed by atoms with Crippen LogP contribution in [0.5, 0.6) is 0 Å². The van der Waals surface area contributed by atoms with E-state index in [1.54, 1.807) is 5.57 Å². The van der Waals surface area contributed by atoms with Crippen LogP contribution < -0.4 is 0 Å². The van der Waals surface area contributed by atoms with E-state index in [1.807, 2.05) is 6.92 Å². The lowest BCUT2D eigenvalue weighted by molar-refractivity contribution is -0.217. The van der Waals surface area contributed by atoms with Gasteiger partial charge in [-0.25, -0.2) is 0 Å². The standard InChI is InChI=1S/C30H48O3/c1-18-10-13-26(3)16-17-28(5)20(24(26)19(18)2)8-9-21-27(4)14-12-23(31)30(7,25(32)33)22(27)11-15-29(21,28)6/h8,18-19,21-24,31H,9-17H2,1-7H3,(H,32,33)/t18-,19+,21-,22-,23+,24+,26-,27-,28-,29-,30+/m1/s1. The topological polar surface area (TPSA) is 57.5 Å². The number of hydrogen-bond acceptors (Lipinski definition) is 2. The van der Waals surface area contributed by atoms with E-state index in [0.717, 1.165) is 37.5 Å². The predicted molar refractivity (Wildman–Crippen MR) is 133 cm³/mol. The Hall–Kier alpha value is -0.830. The Morgan fingerprint density at radius 3 is 2.27 bits per heavy atom. The molecule has 4 saturated carbocycles. The molecular weight excluding hydrogens is 408 g/mol. The second kappa shape index (κ2) is 7.11. The Morgan fingerprint density at radius 1 is 0.909 bits per heavy atom. The number of carboxylic acid groups (broad SMARTS) is 1. The van der Waals surface area contributed by atoms with Crippen LogP contribution in [-0.4, -0.2) is 22.3 Å². The molecule has 11 atom stereocenters. The van der Waals surface area contributed by atoms with Crippen molar-refractivity contribution in [3.63, 3.8) is 0 Å². The van der Waals surface area contributed by atoms with Gasteiger partial charge in [-0.15, -0.1) is 0 Å². The largest absolute Gasteiger partial charge is 0.481 e. The van der Waals surface area contributed by atoms with Crippen LogP contribution in [0.2, 0.25) is 0 Å². The minimum absolute atomic E-state index is 0.0311. The monoisotopic (exact) mass is 456 g/mol. The van der Waals surface area contributed by atoms with E-state index in [1.165, 1.54) is 25.7 Å². The zero-order valence-corrected chi connectivity index (χ0v) is 22.2. The van der Waals surface area contributed by atoms with E-state index in [-0.39, 0.29) is 22.2 Å². The Bertz CT molecular complexity index is 878. The fraction of sp³-hybridized carbons (Fsp3) is 0.900. The third kappa shape index (κ3) is 2.75. The van der Waals surface area contributed by atoms with Crippen LogP contribution in [-0.2, 0) is 4.79 Å². The van der Waals surface area contributed by atoms with Crippen LogP contribution in [0.25, 0.3) is 0 Å². The number of fused-ring (bicyclic) bond motifs is 7. The summed E-state index contributed by atoms with van der Waals surface area (Å²) in [4.78, 5) is 12.5. The van der Waals surface area contributed by atoms with Gasteiger partial charge in [0.25, 0.3) is 0 Å². The summed E-state index contributed by atoms with van der Waals surface area (Å²) < 4.78 is 0. The lowest BCUT2D eigenvalue weighted by Gasteiger charge is -2.71. The highest BCUT2D eigenvalue weighted by Crippen LogP contribution is 2.75. The van der Waals surface area contributed by atoms with Crippen molar-refractivity contribution in [3.05, 3.63) is 11.6 Å². The molecule has 3 nitrogen and oxygen atoms in total. The summed E-state index contributed by atoms with van der Waals surface area (Å²) in [6.07, 6.45) is 12.0. The molecule has 0 aromatic rings. The molecule has 0 unspecified atom stereocenters. The van der Waals surface area contributed by atoms with Gasteiger partial charge >= 0.3 is 5.97 Å². The lowest BCUT2D eigenvalue weighted by atomic mass is 9.33. The minimum atomic E-state index is -1.03. The van der Waals surface area contributed by atoms with Gasteiger partial charge < -0.3 is 10.2 Å². The summed E-state index contributed by atoms with van der Waals surface area (Å²) >= 11 is 0. The highest BCUT2D eigenvalue weighted by molar-refractivity contribution is 5.76. The van der Waals surface area contributed by atoms with Gasteiger partial charge in [0, 0.05) is 0 Å². The summed E-state index contributed by atoms with van der Waals surface area (Å²) in [5, 5.41) is 21.1. The fourth-order valence-corrected chi connectivity index (χ4v) is 10.8. The van der Waals surface area contributed by atoms with Crippen LogP contribution in [0.1, 0.15) is 106 Å². The van der Waals surface area contributed by atoms with Gasteiger partial charge in [0.05, 0.1) is 11.5 Å². The SMILES string of the molecule is C[C@H]1[C@H](C)CC[C@]2(C)CC[C@]3(C)C(=CC[C@@H]4[C@@]5(C)CC[C@H](O)[C@@](C)(C(=O)O)[C@@H]5CC[C@]43C)[C@H]12. The van der Waals surface area contributed by atoms with Gasteiger partial charge in [0.15, 0.2) is 0 Å². The molecular formula is C30H48O3. The number of carboxylic acids is 1. The molecule has 0 radical (unpaired) electrons. The maximum absolute atomic E-state index is 12.5. The third-order valence-electron chi connectivity index (χ3n) is 13.5. The predicted octanol–water partition coefficient (Wildman–Crippen LogP) is 7.09. The van der Waals surface area contributed by atoms with Crippen molar-refractivity contribution >= 4 is 5.97 Å². The third-order valence-corrected chi connectivity index (χ3v) is 13.5. The average Bonchev–Trinajstić information content (AvgIpc) is 2.75. The van der Waals surface area contributed by atoms with Crippen LogP contribution in [0, 0.1) is 56.7 Å². The molecule has 0 aromatic carbocycles. The van der Waals surface area contributed by atoms with Crippen LogP contribution in [0.3, 0.4) is 0 Å². The fourth-order valence-electron chi connectivity index (χ4n) is 10.8. The number of aliphatic hydroxyl groups excluding tert-OH is 1. The van der Waals surface area contributed by atoms with E-state index >= 15 is 0 Å². The van der Waals surface area contributed by atoms with E-state index in [0.29, 0.717) is 23.7 Å². The molecule has 186 valence electrons. The number of carbonyl (C=O) groups is 1. The summed E-state index contributed by atoms with van der Waals surface area (Å²) in [7, 11) is 0. The van der Waals surface area contributed by atoms with E-state index in [9.17, 15) is 15.0 Å². The van der Waals surface area contributed by atoms with Gasteiger partial charge in [-0.3, -0.25) is 4.79 Å². The molecule has 5 aliphatic rings. The van der Waals surface area contributed by atoms with Gasteiger partial charge in [0.2, 0.25) is 0 Å². The number of hydrogen-bond donors (Lipinski definition) is 2. The molecule has 0 bridgehead atoms. The molecule has 3 heteroatoms. The normalized spacial score (nSPS) is 58.2. The van der Waals surface area contributed by atoms with Crippen molar-refractivity contribution in [2.75, 3.05) is 0 Å². The molecule has 0 heterocycles. The summed E-state index contributed by atoms with van der Waals surface area (Å²) in [5.41, 5.74) is 1.56. The molecule has 0 aromatic heterocycles. The Morgan fingerprint density at radius 2 is 1.61 bits per heavy atom. The molecule has 0 aliphatic heterocycles. The molecule has 0 saturated heterocycles. The van der Waals surface area contributed by atoms with Gasteiger partial charge in [-0.2, -0.15) is 0 Å². The summed E-state index contributed by atoms with van der Waals surface area (Å²) in [6, 6.07) is 0. The van der Waals surface area contributed by atoms with Gasteiger partial charge in [0.1, 0.15) is 0 Å². The average molecular weight is 457 g/mol. The molecule has 5 rings (SSSR count). The smallest absolute Gasteiger partial charge is 0.312 e. The molecule has 4 fully saturated rings. The first kappa shape index (κ1) is 23.9. The molecule has 5 aliphatic carbocycles. The first-order valence-corrected chi connectivity index (χ1v) is 13.9. The van der Waals surface area contributed by atoms with E-state index in [2.05, 4.69) is 47.6 Å². The number of rotatable bonds is 1.